The van der Waals surface area contributed by atoms with Crippen LogP contribution in [0.2, 0.25) is 10.0 Å². The third-order valence-electron chi connectivity index (χ3n) is 5.19. The van der Waals surface area contributed by atoms with Gasteiger partial charge in [0.1, 0.15) is 18.0 Å². The maximum Gasteiger partial charge on any atom is 0.316 e. The van der Waals surface area contributed by atoms with Gasteiger partial charge in [-0.25, -0.2) is 19.3 Å². The summed E-state index contributed by atoms with van der Waals surface area (Å²) in [5, 5.41) is 3.49. The summed E-state index contributed by atoms with van der Waals surface area (Å²) in [4.78, 5) is 12.8. The molecule has 1 aliphatic heterocycles. The van der Waals surface area contributed by atoms with Crippen LogP contribution in [-0.4, -0.2) is 34.1 Å². The molecule has 1 saturated heterocycles. The predicted octanol–water partition coefficient (Wildman–Crippen LogP) is 4.84. The number of rotatable bonds is 6. The van der Waals surface area contributed by atoms with Crippen LogP contribution in [-0.2, 0) is 0 Å². The van der Waals surface area contributed by atoms with Crippen LogP contribution in [0.25, 0.3) is 11.1 Å². The summed E-state index contributed by atoms with van der Waals surface area (Å²) in [6.45, 7) is 3.55. The summed E-state index contributed by atoms with van der Waals surface area (Å²) in [6.07, 6.45) is 6.21. The van der Waals surface area contributed by atoms with Crippen molar-refractivity contribution in [2.24, 2.45) is 0 Å². The zero-order valence-corrected chi connectivity index (χ0v) is 18.8. The maximum atomic E-state index is 13.9. The molecule has 1 fully saturated rings. The number of pyridine rings is 1. The fourth-order valence-corrected chi connectivity index (χ4v) is 4.14. The van der Waals surface area contributed by atoms with Gasteiger partial charge >= 0.3 is 6.01 Å². The van der Waals surface area contributed by atoms with Crippen molar-refractivity contribution in [1.82, 2.24) is 20.3 Å². The third kappa shape index (κ3) is 5.03. The molecule has 0 aliphatic carbocycles. The van der Waals surface area contributed by atoms with Gasteiger partial charge in [0, 0.05) is 40.3 Å². The molecule has 168 valence electrons. The van der Waals surface area contributed by atoms with Crippen LogP contribution in [0.5, 0.6) is 11.8 Å². The number of nitrogens with two attached hydrogens (primary N) is 1. The van der Waals surface area contributed by atoms with Gasteiger partial charge in [-0.15, -0.1) is 0 Å². The number of nitrogens with one attached hydrogen (secondary N) is 1. The van der Waals surface area contributed by atoms with Gasteiger partial charge in [0.25, 0.3) is 0 Å². The standard InChI is InChI=1S/C22H22Cl2FN5O2/c1-12(19-16(23)2-3-17(25)20(19)24)31-18-8-13(9-28-21(18)26)14-10-29-22(30-11-14)32-15-4-6-27-7-5-15/h2-3,8-12,15,27H,4-7H2,1H3,(H2,26,28). The van der Waals surface area contributed by atoms with E-state index in [0.717, 1.165) is 31.5 Å². The van der Waals surface area contributed by atoms with Gasteiger partial charge in [0.05, 0.1) is 5.02 Å². The molecule has 32 heavy (non-hydrogen) atoms. The number of nitrogen functional groups attached to an aromatic ring is 1. The Hall–Kier alpha value is -2.68. The average molecular weight is 478 g/mol. The molecule has 10 heteroatoms. The number of aromatic nitrogens is 3. The largest absolute Gasteiger partial charge is 0.482 e. The van der Waals surface area contributed by atoms with Gasteiger partial charge in [-0.05, 0) is 51.1 Å². The van der Waals surface area contributed by atoms with Gasteiger partial charge in [-0.1, -0.05) is 23.2 Å². The second-order valence-corrected chi connectivity index (χ2v) is 8.23. The zero-order valence-electron chi connectivity index (χ0n) is 17.3. The summed E-state index contributed by atoms with van der Waals surface area (Å²) in [5.74, 6) is -0.0947. The first kappa shape index (κ1) is 22.5. The first-order valence-corrected chi connectivity index (χ1v) is 10.9. The van der Waals surface area contributed by atoms with Crippen molar-refractivity contribution in [3.8, 4) is 22.9 Å². The van der Waals surface area contributed by atoms with E-state index in [1.165, 1.54) is 12.1 Å². The van der Waals surface area contributed by atoms with E-state index in [0.29, 0.717) is 27.9 Å². The predicted molar refractivity (Wildman–Crippen MR) is 122 cm³/mol. The first-order valence-electron chi connectivity index (χ1n) is 10.2. The van der Waals surface area contributed by atoms with Crippen molar-refractivity contribution in [1.29, 1.82) is 0 Å². The third-order valence-corrected chi connectivity index (χ3v) is 5.90. The van der Waals surface area contributed by atoms with Crippen LogP contribution >= 0.6 is 23.2 Å². The Balaban J connectivity index is 1.52. The molecule has 1 unspecified atom stereocenters. The highest BCUT2D eigenvalue weighted by atomic mass is 35.5. The molecular weight excluding hydrogens is 456 g/mol. The molecule has 0 spiro atoms. The van der Waals surface area contributed by atoms with Gasteiger partial charge in [0.2, 0.25) is 0 Å². The van der Waals surface area contributed by atoms with Gasteiger partial charge in [-0.3, -0.25) is 0 Å². The number of hydrogen-bond acceptors (Lipinski definition) is 7. The molecule has 3 heterocycles. The quantitative estimate of drug-likeness (QED) is 0.490. The van der Waals surface area contributed by atoms with Gasteiger partial charge in [-0.2, -0.15) is 0 Å². The van der Waals surface area contributed by atoms with E-state index < -0.39 is 11.9 Å². The Morgan fingerprint density at radius 1 is 1.09 bits per heavy atom. The topological polar surface area (TPSA) is 95.2 Å². The molecule has 1 atom stereocenters. The van der Waals surface area contributed by atoms with Crippen LogP contribution in [0.1, 0.15) is 31.4 Å². The van der Waals surface area contributed by atoms with Crippen LogP contribution in [0, 0.1) is 5.82 Å². The molecule has 4 rings (SSSR count). The monoisotopic (exact) mass is 477 g/mol. The Kier molecular flexibility index (Phi) is 6.93. The molecule has 0 saturated carbocycles. The molecule has 0 radical (unpaired) electrons. The highest BCUT2D eigenvalue weighted by Crippen LogP contribution is 2.36. The highest BCUT2D eigenvalue weighted by molar-refractivity contribution is 6.36. The normalized spacial score (nSPS) is 15.4. The Morgan fingerprint density at radius 2 is 1.78 bits per heavy atom. The minimum absolute atomic E-state index is 0.0922. The Morgan fingerprint density at radius 3 is 2.50 bits per heavy atom. The molecule has 0 bridgehead atoms. The van der Waals surface area contributed by atoms with Crippen molar-refractivity contribution in [3.63, 3.8) is 0 Å². The lowest BCUT2D eigenvalue weighted by molar-refractivity contribution is 0.149. The fraction of sp³-hybridized carbons (Fsp3) is 0.318. The fourth-order valence-electron chi connectivity index (χ4n) is 3.46. The number of halogens is 3. The maximum absolute atomic E-state index is 13.9. The van der Waals surface area contributed by atoms with Crippen molar-refractivity contribution < 1.29 is 13.9 Å². The molecule has 2 aromatic heterocycles. The lowest BCUT2D eigenvalue weighted by Crippen LogP contribution is -2.34. The number of nitrogens with zero attached hydrogens (tertiary/aromatic N) is 3. The van der Waals surface area contributed by atoms with Crippen molar-refractivity contribution in [2.75, 3.05) is 18.8 Å². The number of anilines is 1. The smallest absolute Gasteiger partial charge is 0.316 e. The van der Waals surface area contributed by atoms with Crippen LogP contribution in [0.3, 0.4) is 0 Å². The molecule has 1 aromatic carbocycles. The summed E-state index contributed by atoms with van der Waals surface area (Å²) >= 11 is 12.3. The van der Waals surface area contributed by atoms with Gasteiger partial charge in [0.15, 0.2) is 11.6 Å². The number of piperidine rings is 1. The number of hydrogen-bond donors (Lipinski definition) is 2. The average Bonchev–Trinajstić information content (AvgIpc) is 2.79. The Labute approximate surface area is 195 Å². The van der Waals surface area contributed by atoms with Crippen LogP contribution in [0.4, 0.5) is 10.2 Å². The molecule has 3 aromatic rings. The van der Waals surface area contributed by atoms with E-state index in [2.05, 4.69) is 20.3 Å². The first-order chi connectivity index (χ1) is 15.4. The molecule has 7 nitrogen and oxygen atoms in total. The minimum Gasteiger partial charge on any atom is -0.482 e. The minimum atomic E-state index is -0.665. The summed E-state index contributed by atoms with van der Waals surface area (Å²) in [5.41, 5.74) is 7.75. The second kappa shape index (κ2) is 9.85. The summed E-state index contributed by atoms with van der Waals surface area (Å²) in [7, 11) is 0. The zero-order chi connectivity index (χ0) is 22.7. The van der Waals surface area contributed by atoms with E-state index >= 15 is 0 Å². The van der Waals surface area contributed by atoms with Crippen LogP contribution < -0.4 is 20.5 Å². The summed E-state index contributed by atoms with van der Waals surface area (Å²) in [6, 6.07) is 4.69. The molecule has 0 amide bonds. The second-order valence-electron chi connectivity index (χ2n) is 7.45. The van der Waals surface area contributed by atoms with Gasteiger partial charge < -0.3 is 20.5 Å². The SMILES string of the molecule is CC(Oc1cc(-c2cnc(OC3CCNCC3)nc2)cnc1N)c1c(Cl)ccc(F)c1Cl. The van der Waals surface area contributed by atoms with Crippen LogP contribution in [0.15, 0.2) is 36.8 Å². The van der Waals surface area contributed by atoms with E-state index in [4.69, 9.17) is 38.4 Å². The van der Waals surface area contributed by atoms with E-state index in [1.807, 2.05) is 0 Å². The van der Waals surface area contributed by atoms with E-state index in [1.54, 1.807) is 31.6 Å². The lowest BCUT2D eigenvalue weighted by Gasteiger charge is -2.22. The number of benzene rings is 1. The Bertz CT molecular complexity index is 1090. The molecule has 3 N–H and O–H groups in total. The van der Waals surface area contributed by atoms with Crippen molar-refractivity contribution >= 4 is 29.0 Å². The van der Waals surface area contributed by atoms with Crippen molar-refractivity contribution in [3.05, 3.63) is 58.2 Å². The number of ether oxygens (including phenoxy) is 2. The van der Waals surface area contributed by atoms with Crippen molar-refractivity contribution in [2.45, 2.75) is 32.0 Å². The summed E-state index contributed by atoms with van der Waals surface area (Å²) < 4.78 is 25.7. The highest BCUT2D eigenvalue weighted by Gasteiger charge is 2.20. The lowest BCUT2D eigenvalue weighted by atomic mass is 10.1. The molecule has 1 aliphatic rings. The van der Waals surface area contributed by atoms with E-state index in [9.17, 15) is 4.39 Å². The van der Waals surface area contributed by atoms with E-state index in [-0.39, 0.29) is 16.9 Å². The molecular formula is C22H22Cl2FN5O2.